The highest BCUT2D eigenvalue weighted by molar-refractivity contribution is 6.07. The topological polar surface area (TPSA) is 103 Å². The molecule has 0 saturated carbocycles. The lowest BCUT2D eigenvalue weighted by molar-refractivity contribution is -0.138. The molecule has 3 heterocycles. The molecule has 3 amide bonds. The summed E-state index contributed by atoms with van der Waals surface area (Å²) in [5, 5.41) is 5.54. The van der Waals surface area contributed by atoms with E-state index in [2.05, 4.69) is 20.6 Å². The van der Waals surface area contributed by atoms with Crippen LogP contribution in [-0.4, -0.2) is 67.2 Å². The number of nitrogens with zero attached hydrogens (tertiary/aromatic N) is 5. The predicted molar refractivity (Wildman–Crippen MR) is 148 cm³/mol. The van der Waals surface area contributed by atoms with Gasteiger partial charge in [0.05, 0.1) is 31.0 Å². The van der Waals surface area contributed by atoms with E-state index in [4.69, 9.17) is 4.74 Å². The van der Waals surface area contributed by atoms with Gasteiger partial charge in [-0.05, 0) is 42.3 Å². The highest BCUT2D eigenvalue weighted by atomic mass is 19.4. The van der Waals surface area contributed by atoms with Gasteiger partial charge in [0, 0.05) is 56.7 Å². The second-order valence-electron chi connectivity index (χ2n) is 9.93. The number of benzene rings is 2. The smallest absolute Gasteiger partial charge is 0.379 e. The highest BCUT2D eigenvalue weighted by Crippen LogP contribution is 2.35. The fourth-order valence-corrected chi connectivity index (χ4v) is 4.92. The van der Waals surface area contributed by atoms with Crippen LogP contribution in [0.5, 0.6) is 0 Å². The summed E-state index contributed by atoms with van der Waals surface area (Å²) < 4.78 is 47.2. The van der Waals surface area contributed by atoms with Gasteiger partial charge in [-0.2, -0.15) is 18.2 Å². The summed E-state index contributed by atoms with van der Waals surface area (Å²) >= 11 is 0. The molecule has 0 bridgehead atoms. The first-order chi connectivity index (χ1) is 19.5. The molecule has 1 fully saturated rings. The first-order valence-electron chi connectivity index (χ1n) is 13.1. The number of hydrogen-bond donors (Lipinski definition) is 2. The predicted octanol–water partition coefficient (Wildman–Crippen LogP) is 4.51. The minimum absolute atomic E-state index is 0.104. The van der Waals surface area contributed by atoms with Gasteiger partial charge in [-0.1, -0.05) is 12.1 Å². The largest absolute Gasteiger partial charge is 0.416 e. The Morgan fingerprint density at radius 1 is 1.12 bits per heavy atom. The molecule has 10 nitrogen and oxygen atoms in total. The Kier molecular flexibility index (Phi) is 7.82. The number of alkyl halides is 3. The number of nitrogens with one attached hydrogen (secondary N) is 2. The number of hydrogen-bond acceptors (Lipinski definition) is 7. The average Bonchev–Trinajstić information content (AvgIpc) is 2.96. The van der Waals surface area contributed by atoms with E-state index in [1.807, 2.05) is 11.8 Å². The number of fused-ring (bicyclic) bond motifs is 1. The van der Waals surface area contributed by atoms with E-state index in [-0.39, 0.29) is 30.2 Å². The minimum atomic E-state index is -4.62. The first kappa shape index (κ1) is 28.3. The summed E-state index contributed by atoms with van der Waals surface area (Å²) in [6, 6.07) is 8.33. The number of halogens is 3. The minimum Gasteiger partial charge on any atom is -0.379 e. The molecule has 3 aromatic rings. The SMILES string of the molecule is CNc1ncc2c(n1)N(C)C(=O)N(c1cc(NC(=O)c3ccc(CN4CCOCC4)c(C(F)(F)F)c3)ccc1C)C2. The summed E-state index contributed by atoms with van der Waals surface area (Å²) in [4.78, 5) is 39.8. The molecule has 1 saturated heterocycles. The molecule has 0 spiro atoms. The van der Waals surface area contributed by atoms with Crippen molar-refractivity contribution < 1.29 is 27.5 Å². The molecular formula is C28H30F3N7O3. The van der Waals surface area contributed by atoms with E-state index in [1.54, 1.807) is 38.5 Å². The molecule has 2 aliphatic rings. The number of morpholine rings is 1. The normalized spacial score (nSPS) is 16.0. The van der Waals surface area contributed by atoms with E-state index in [9.17, 15) is 22.8 Å². The van der Waals surface area contributed by atoms with Crippen LogP contribution in [0.25, 0.3) is 0 Å². The zero-order valence-electron chi connectivity index (χ0n) is 22.9. The Bertz CT molecular complexity index is 1470. The van der Waals surface area contributed by atoms with Gasteiger partial charge in [0.1, 0.15) is 5.82 Å². The zero-order chi connectivity index (χ0) is 29.3. The summed E-state index contributed by atoms with van der Waals surface area (Å²) in [5.74, 6) is 0.189. The van der Waals surface area contributed by atoms with Crippen molar-refractivity contribution in [3.63, 3.8) is 0 Å². The molecule has 0 aliphatic carbocycles. The number of urea groups is 1. The van der Waals surface area contributed by atoms with Crippen LogP contribution < -0.4 is 20.4 Å². The van der Waals surface area contributed by atoms with Crippen molar-refractivity contribution in [1.29, 1.82) is 0 Å². The molecule has 41 heavy (non-hydrogen) atoms. The molecule has 216 valence electrons. The average molecular weight is 570 g/mol. The van der Waals surface area contributed by atoms with Crippen LogP contribution in [0.3, 0.4) is 0 Å². The molecule has 0 atom stereocenters. The monoisotopic (exact) mass is 569 g/mol. The fourth-order valence-electron chi connectivity index (χ4n) is 4.92. The van der Waals surface area contributed by atoms with Gasteiger partial charge in [0.2, 0.25) is 5.95 Å². The van der Waals surface area contributed by atoms with Gasteiger partial charge in [0.25, 0.3) is 5.91 Å². The quantitative estimate of drug-likeness (QED) is 0.451. The molecule has 2 aromatic carbocycles. The molecule has 5 rings (SSSR count). The van der Waals surface area contributed by atoms with Gasteiger partial charge in [-0.3, -0.25) is 19.5 Å². The number of rotatable bonds is 6. The van der Waals surface area contributed by atoms with Crippen molar-refractivity contribution >= 4 is 35.1 Å². The van der Waals surface area contributed by atoms with E-state index < -0.39 is 17.6 Å². The summed E-state index contributed by atoms with van der Waals surface area (Å²) in [6.45, 7) is 4.17. The van der Waals surface area contributed by atoms with Crippen molar-refractivity contribution in [2.45, 2.75) is 26.2 Å². The number of anilines is 4. The summed E-state index contributed by atoms with van der Waals surface area (Å²) in [5.41, 5.74) is 1.53. The van der Waals surface area contributed by atoms with E-state index in [0.29, 0.717) is 49.4 Å². The molecular weight excluding hydrogens is 539 g/mol. The third kappa shape index (κ3) is 5.95. The summed E-state index contributed by atoms with van der Waals surface area (Å²) in [7, 11) is 3.30. The maximum Gasteiger partial charge on any atom is 0.416 e. The Morgan fingerprint density at radius 3 is 2.59 bits per heavy atom. The van der Waals surface area contributed by atoms with Crippen molar-refractivity contribution in [1.82, 2.24) is 14.9 Å². The maximum absolute atomic E-state index is 14.0. The highest BCUT2D eigenvalue weighted by Gasteiger charge is 2.35. The number of carbonyl (C=O) groups excluding carboxylic acids is 2. The van der Waals surface area contributed by atoms with Gasteiger partial charge in [0.15, 0.2) is 0 Å². The van der Waals surface area contributed by atoms with E-state index in [1.165, 1.54) is 21.9 Å². The number of amides is 3. The van der Waals surface area contributed by atoms with Gasteiger partial charge < -0.3 is 15.4 Å². The zero-order valence-corrected chi connectivity index (χ0v) is 22.9. The second kappa shape index (κ2) is 11.3. The fraction of sp³-hybridized carbons (Fsp3) is 0.357. The van der Waals surface area contributed by atoms with Crippen LogP contribution in [0.15, 0.2) is 42.6 Å². The lowest BCUT2D eigenvalue weighted by atomic mass is 10.0. The van der Waals surface area contributed by atoms with Crippen molar-refractivity contribution in [2.24, 2.45) is 0 Å². The van der Waals surface area contributed by atoms with Crippen LogP contribution >= 0.6 is 0 Å². The van der Waals surface area contributed by atoms with Gasteiger partial charge >= 0.3 is 12.2 Å². The Labute approximate surface area is 235 Å². The molecule has 13 heteroatoms. The summed E-state index contributed by atoms with van der Waals surface area (Å²) in [6.07, 6.45) is -2.98. The molecule has 0 unspecified atom stereocenters. The lowest BCUT2D eigenvalue weighted by Crippen LogP contribution is -2.46. The van der Waals surface area contributed by atoms with Crippen LogP contribution in [-0.2, 0) is 24.0 Å². The van der Waals surface area contributed by atoms with Crippen molar-refractivity contribution in [2.75, 3.05) is 60.8 Å². The Balaban J connectivity index is 1.38. The second-order valence-corrected chi connectivity index (χ2v) is 9.93. The van der Waals surface area contributed by atoms with E-state index >= 15 is 0 Å². The van der Waals surface area contributed by atoms with Crippen LogP contribution in [0.2, 0.25) is 0 Å². The van der Waals surface area contributed by atoms with E-state index in [0.717, 1.165) is 17.2 Å². The van der Waals surface area contributed by atoms with Gasteiger partial charge in [-0.25, -0.2) is 9.78 Å². The Hall–Kier alpha value is -4.23. The maximum atomic E-state index is 14.0. The molecule has 2 N–H and O–H groups in total. The number of carbonyl (C=O) groups is 2. The number of aromatic nitrogens is 2. The molecule has 2 aliphatic heterocycles. The first-order valence-corrected chi connectivity index (χ1v) is 13.1. The standard InChI is InChI=1S/C28H30F3N7O3/c1-17-4-7-21(13-23(17)38-16-20-14-33-26(32-2)35-24(20)36(3)27(38)40)34-25(39)18-5-6-19(22(12-18)28(29,30)31)15-37-8-10-41-11-9-37/h4-7,12-14H,8-11,15-16H2,1-3H3,(H,34,39)(H,32,33,35). The van der Waals surface area contributed by atoms with Crippen LogP contribution in [0, 0.1) is 6.92 Å². The van der Waals surface area contributed by atoms with Crippen molar-refractivity contribution in [3.05, 3.63) is 70.4 Å². The lowest BCUT2D eigenvalue weighted by Gasteiger charge is -2.35. The molecule has 0 radical (unpaired) electrons. The van der Waals surface area contributed by atoms with Crippen LogP contribution in [0.1, 0.15) is 32.6 Å². The van der Waals surface area contributed by atoms with Gasteiger partial charge in [-0.15, -0.1) is 0 Å². The third-order valence-electron chi connectivity index (χ3n) is 7.16. The third-order valence-corrected chi connectivity index (χ3v) is 7.16. The number of ether oxygens (including phenoxy) is 1. The Morgan fingerprint density at radius 2 is 1.88 bits per heavy atom. The van der Waals surface area contributed by atoms with Crippen molar-refractivity contribution in [3.8, 4) is 0 Å². The van der Waals surface area contributed by atoms with Crippen LogP contribution in [0.4, 0.5) is 41.1 Å². The number of aryl methyl sites for hydroxylation is 1. The molecule has 1 aromatic heterocycles.